The monoisotopic (exact) mass is 520 g/mol. The molecule has 0 radical (unpaired) electrons. The van der Waals surface area contributed by atoms with Crippen molar-refractivity contribution in [3.63, 3.8) is 0 Å². The number of rotatable bonds is 6. The van der Waals surface area contributed by atoms with E-state index in [4.69, 9.17) is 14.3 Å². The van der Waals surface area contributed by atoms with Gasteiger partial charge in [-0.2, -0.15) is 0 Å². The van der Waals surface area contributed by atoms with Gasteiger partial charge in [0.2, 0.25) is 0 Å². The van der Waals surface area contributed by atoms with Gasteiger partial charge < -0.3 is 19.2 Å². The average Bonchev–Trinajstić information content (AvgIpc) is 2.77. The van der Waals surface area contributed by atoms with Crippen LogP contribution in [0.3, 0.4) is 0 Å². The van der Waals surface area contributed by atoms with Gasteiger partial charge in [0, 0.05) is 18.7 Å². The topological polar surface area (TPSA) is 60.4 Å². The van der Waals surface area contributed by atoms with Crippen LogP contribution in [0.1, 0.15) is 59.9 Å². The van der Waals surface area contributed by atoms with Gasteiger partial charge in [-0.1, -0.05) is 17.3 Å². The molecule has 6 nitrogen and oxygen atoms in total. The fraction of sp³-hybridized carbons (Fsp3) is 0.500. The van der Waals surface area contributed by atoms with E-state index in [1.54, 1.807) is 11.0 Å². The molecular formula is C28H35F3N2O4. The minimum absolute atomic E-state index is 0.0334. The Balaban J connectivity index is 1.61. The third-order valence-corrected chi connectivity index (χ3v) is 5.56. The molecule has 0 spiro atoms. The summed E-state index contributed by atoms with van der Waals surface area (Å²) in [6.45, 7) is 12.0. The van der Waals surface area contributed by atoms with E-state index in [-0.39, 0.29) is 29.7 Å². The average molecular weight is 521 g/mol. The van der Waals surface area contributed by atoms with Crippen LogP contribution in [0, 0.1) is 23.4 Å². The van der Waals surface area contributed by atoms with E-state index in [9.17, 15) is 18.0 Å². The van der Waals surface area contributed by atoms with Gasteiger partial charge in [-0.25, -0.2) is 18.0 Å². The van der Waals surface area contributed by atoms with Gasteiger partial charge in [0.05, 0.1) is 12.8 Å². The number of halogens is 3. The van der Waals surface area contributed by atoms with Crippen LogP contribution in [-0.4, -0.2) is 48.1 Å². The molecule has 1 heterocycles. The molecule has 0 aromatic heterocycles. The molecule has 1 aliphatic rings. The van der Waals surface area contributed by atoms with Crippen molar-refractivity contribution in [1.82, 2.24) is 4.90 Å². The summed E-state index contributed by atoms with van der Waals surface area (Å²) < 4.78 is 55.1. The van der Waals surface area contributed by atoms with Crippen LogP contribution in [0.25, 0.3) is 11.1 Å². The quantitative estimate of drug-likeness (QED) is 0.306. The number of ether oxygens (including phenoxy) is 2. The molecule has 2 aromatic rings. The fourth-order valence-corrected chi connectivity index (χ4v) is 3.75. The molecule has 0 bridgehead atoms. The highest BCUT2D eigenvalue weighted by molar-refractivity contribution is 5.81. The highest BCUT2D eigenvalue weighted by Crippen LogP contribution is 2.32. The summed E-state index contributed by atoms with van der Waals surface area (Å²) in [5.74, 6) is -2.94. The molecular weight excluding hydrogens is 485 g/mol. The van der Waals surface area contributed by atoms with Crippen LogP contribution < -0.4 is 4.74 Å². The second kappa shape index (κ2) is 11.4. The van der Waals surface area contributed by atoms with Crippen molar-refractivity contribution >= 4 is 12.3 Å². The Bertz CT molecular complexity index is 1110. The summed E-state index contributed by atoms with van der Waals surface area (Å²) in [6.07, 6.45) is 2.25. The highest BCUT2D eigenvalue weighted by Gasteiger charge is 2.27. The smallest absolute Gasteiger partial charge is 0.410 e. The summed E-state index contributed by atoms with van der Waals surface area (Å²) in [4.78, 5) is 19.1. The van der Waals surface area contributed by atoms with E-state index in [0.29, 0.717) is 31.5 Å². The summed E-state index contributed by atoms with van der Waals surface area (Å²) in [5.41, 5.74) is -0.499. The Morgan fingerprint density at radius 3 is 2.14 bits per heavy atom. The molecule has 2 aromatic carbocycles. The molecule has 3 rings (SSSR count). The third-order valence-electron chi connectivity index (χ3n) is 5.56. The predicted octanol–water partition coefficient (Wildman–Crippen LogP) is 6.95. The maximum atomic E-state index is 14.8. The molecule has 1 aliphatic heterocycles. The van der Waals surface area contributed by atoms with Crippen molar-refractivity contribution in [3.05, 3.63) is 53.3 Å². The van der Waals surface area contributed by atoms with E-state index >= 15 is 0 Å². The lowest BCUT2D eigenvalue weighted by atomic mass is 9.98. The Labute approximate surface area is 216 Å². The fourth-order valence-electron chi connectivity index (χ4n) is 3.75. The lowest BCUT2D eigenvalue weighted by Gasteiger charge is -2.33. The summed E-state index contributed by atoms with van der Waals surface area (Å²) >= 11 is 0. The van der Waals surface area contributed by atoms with Crippen molar-refractivity contribution in [2.75, 3.05) is 19.7 Å². The maximum absolute atomic E-state index is 14.8. The molecule has 0 unspecified atom stereocenters. The first-order valence-corrected chi connectivity index (χ1v) is 12.3. The number of piperidine rings is 1. The molecule has 0 atom stereocenters. The van der Waals surface area contributed by atoms with Gasteiger partial charge in [0.1, 0.15) is 17.0 Å². The number of benzene rings is 2. The van der Waals surface area contributed by atoms with Crippen LogP contribution in [-0.2, 0) is 9.57 Å². The van der Waals surface area contributed by atoms with Crippen LogP contribution in [0.4, 0.5) is 18.0 Å². The lowest BCUT2D eigenvalue weighted by molar-refractivity contribution is 0.00197. The van der Waals surface area contributed by atoms with E-state index < -0.39 is 34.4 Å². The molecule has 1 saturated heterocycles. The number of nitrogens with zero attached hydrogens (tertiary/aromatic N) is 2. The first kappa shape index (κ1) is 28.3. The Hall–Kier alpha value is -3.23. The van der Waals surface area contributed by atoms with Crippen molar-refractivity contribution in [2.45, 2.75) is 65.6 Å². The molecule has 1 fully saturated rings. The lowest BCUT2D eigenvalue weighted by Crippen LogP contribution is -2.42. The summed E-state index contributed by atoms with van der Waals surface area (Å²) in [7, 11) is 0. The van der Waals surface area contributed by atoms with Crippen LogP contribution in [0.15, 0.2) is 35.5 Å². The first-order chi connectivity index (χ1) is 17.2. The van der Waals surface area contributed by atoms with E-state index in [1.165, 1.54) is 18.3 Å². The van der Waals surface area contributed by atoms with Gasteiger partial charge in [-0.05, 0) is 89.6 Å². The normalized spacial score (nSPS) is 15.2. The SMILES string of the molecule is CC(C)(C)O/N=C/c1ccc(-c2cc(F)c(OCC3CCN(C(=O)OC(C)(C)C)CC3)c(F)c2)c(F)c1. The molecule has 0 saturated carbocycles. The first-order valence-electron chi connectivity index (χ1n) is 12.3. The van der Waals surface area contributed by atoms with Crippen molar-refractivity contribution in [2.24, 2.45) is 11.1 Å². The number of carbonyl (C=O) groups excluding carboxylic acids is 1. The molecule has 9 heteroatoms. The summed E-state index contributed by atoms with van der Waals surface area (Å²) in [6, 6.07) is 6.34. The number of carbonyl (C=O) groups is 1. The molecule has 202 valence electrons. The maximum Gasteiger partial charge on any atom is 0.410 e. The van der Waals surface area contributed by atoms with E-state index in [0.717, 1.165) is 12.1 Å². The second-order valence-electron chi connectivity index (χ2n) is 11.2. The summed E-state index contributed by atoms with van der Waals surface area (Å²) in [5, 5.41) is 3.83. The van der Waals surface area contributed by atoms with Crippen molar-refractivity contribution in [1.29, 1.82) is 0 Å². The van der Waals surface area contributed by atoms with Gasteiger partial charge in [-0.15, -0.1) is 0 Å². The standard InChI is InChI=1S/C28H35F3N2O4/c1-27(2,3)36-26(34)33-11-9-18(10-12-33)17-35-25-23(30)14-20(15-24(25)31)21-8-7-19(13-22(21)29)16-32-37-28(4,5)6/h7-8,13-16,18H,9-12,17H2,1-6H3/b32-16+. The van der Waals surface area contributed by atoms with Crippen LogP contribution in [0.2, 0.25) is 0 Å². The largest absolute Gasteiger partial charge is 0.487 e. The van der Waals surface area contributed by atoms with Gasteiger partial charge in [0.25, 0.3) is 0 Å². The zero-order valence-corrected chi connectivity index (χ0v) is 22.2. The Morgan fingerprint density at radius 1 is 0.973 bits per heavy atom. The predicted molar refractivity (Wildman–Crippen MR) is 136 cm³/mol. The Morgan fingerprint density at radius 2 is 1.59 bits per heavy atom. The van der Waals surface area contributed by atoms with Gasteiger partial charge in [0.15, 0.2) is 17.4 Å². The number of hydrogen-bond donors (Lipinski definition) is 0. The van der Waals surface area contributed by atoms with E-state index in [2.05, 4.69) is 5.16 Å². The highest BCUT2D eigenvalue weighted by atomic mass is 19.1. The van der Waals surface area contributed by atoms with Crippen molar-refractivity contribution < 1.29 is 32.3 Å². The van der Waals surface area contributed by atoms with Crippen LogP contribution >= 0.6 is 0 Å². The Kier molecular flexibility index (Phi) is 8.76. The number of oxime groups is 1. The molecule has 0 aliphatic carbocycles. The number of hydrogen-bond acceptors (Lipinski definition) is 5. The number of likely N-dealkylation sites (tertiary alicyclic amines) is 1. The minimum Gasteiger partial charge on any atom is -0.487 e. The van der Waals surface area contributed by atoms with Gasteiger partial charge in [-0.3, -0.25) is 0 Å². The van der Waals surface area contributed by atoms with Crippen molar-refractivity contribution in [3.8, 4) is 16.9 Å². The van der Waals surface area contributed by atoms with Gasteiger partial charge >= 0.3 is 6.09 Å². The molecule has 0 N–H and O–H groups in total. The van der Waals surface area contributed by atoms with Crippen LogP contribution in [0.5, 0.6) is 5.75 Å². The second-order valence-corrected chi connectivity index (χ2v) is 11.2. The number of amides is 1. The third kappa shape index (κ3) is 8.40. The molecule has 1 amide bonds. The van der Waals surface area contributed by atoms with E-state index in [1.807, 2.05) is 41.5 Å². The zero-order valence-electron chi connectivity index (χ0n) is 22.2. The minimum atomic E-state index is -0.912. The zero-order chi connectivity index (χ0) is 27.4. The molecule has 37 heavy (non-hydrogen) atoms.